The Labute approximate surface area is 135 Å². The van der Waals surface area contributed by atoms with Gasteiger partial charge in [0.05, 0.1) is 5.69 Å². The number of anilines is 2. The fourth-order valence-electron chi connectivity index (χ4n) is 2.52. The molecule has 0 fully saturated rings. The SMILES string of the molecule is Cc1nc(N)nc(N)c1/C=C/C(C)(C)c1ccc2c(c1)OCO2. The van der Waals surface area contributed by atoms with Crippen molar-refractivity contribution in [1.82, 2.24) is 9.97 Å². The molecule has 0 amide bonds. The predicted molar refractivity (Wildman–Crippen MR) is 90.2 cm³/mol. The first kappa shape index (κ1) is 15.1. The molecule has 0 saturated heterocycles. The van der Waals surface area contributed by atoms with Crippen LogP contribution in [0.4, 0.5) is 11.8 Å². The van der Waals surface area contributed by atoms with E-state index in [0.717, 1.165) is 28.3 Å². The van der Waals surface area contributed by atoms with Crippen molar-refractivity contribution in [2.45, 2.75) is 26.2 Å². The number of fused-ring (bicyclic) bond motifs is 1. The maximum absolute atomic E-state index is 5.95. The number of ether oxygens (including phenoxy) is 2. The van der Waals surface area contributed by atoms with Crippen molar-refractivity contribution in [2.75, 3.05) is 18.3 Å². The minimum Gasteiger partial charge on any atom is -0.454 e. The van der Waals surface area contributed by atoms with E-state index in [9.17, 15) is 0 Å². The van der Waals surface area contributed by atoms with Gasteiger partial charge in [0.25, 0.3) is 0 Å². The molecule has 0 unspecified atom stereocenters. The topological polar surface area (TPSA) is 96.3 Å². The molecule has 1 aliphatic heterocycles. The molecular weight excluding hydrogens is 292 g/mol. The molecule has 1 aromatic heterocycles. The highest BCUT2D eigenvalue weighted by Gasteiger charge is 2.22. The lowest BCUT2D eigenvalue weighted by atomic mass is 9.83. The second-order valence-electron chi connectivity index (χ2n) is 6.09. The van der Waals surface area contributed by atoms with Gasteiger partial charge >= 0.3 is 0 Å². The van der Waals surface area contributed by atoms with Crippen LogP contribution in [0.5, 0.6) is 11.5 Å². The van der Waals surface area contributed by atoms with Gasteiger partial charge < -0.3 is 20.9 Å². The van der Waals surface area contributed by atoms with Gasteiger partial charge in [0.1, 0.15) is 5.82 Å². The Hall–Kier alpha value is -2.76. The van der Waals surface area contributed by atoms with Crippen LogP contribution in [-0.2, 0) is 5.41 Å². The van der Waals surface area contributed by atoms with Crippen molar-refractivity contribution in [2.24, 2.45) is 0 Å². The van der Waals surface area contributed by atoms with Crippen LogP contribution in [0, 0.1) is 6.92 Å². The van der Waals surface area contributed by atoms with Crippen LogP contribution < -0.4 is 20.9 Å². The maximum Gasteiger partial charge on any atom is 0.231 e. The summed E-state index contributed by atoms with van der Waals surface area (Å²) in [6.45, 7) is 6.37. The molecule has 2 heterocycles. The fraction of sp³-hybridized carbons (Fsp3) is 0.294. The summed E-state index contributed by atoms with van der Waals surface area (Å²) in [6.07, 6.45) is 4.01. The summed E-state index contributed by atoms with van der Waals surface area (Å²) in [5, 5.41) is 0. The van der Waals surface area contributed by atoms with Crippen molar-refractivity contribution < 1.29 is 9.47 Å². The van der Waals surface area contributed by atoms with Gasteiger partial charge in [0.2, 0.25) is 12.7 Å². The third-order valence-electron chi connectivity index (χ3n) is 3.97. The fourth-order valence-corrected chi connectivity index (χ4v) is 2.52. The van der Waals surface area contributed by atoms with Crippen molar-refractivity contribution in [1.29, 1.82) is 0 Å². The zero-order chi connectivity index (χ0) is 16.6. The van der Waals surface area contributed by atoms with Gasteiger partial charge in [-0.15, -0.1) is 0 Å². The highest BCUT2D eigenvalue weighted by Crippen LogP contribution is 2.37. The molecule has 4 N–H and O–H groups in total. The first-order chi connectivity index (χ1) is 10.9. The molecule has 6 nitrogen and oxygen atoms in total. The maximum atomic E-state index is 5.95. The van der Waals surface area contributed by atoms with E-state index in [1.807, 2.05) is 31.2 Å². The van der Waals surface area contributed by atoms with Crippen LogP contribution in [0.2, 0.25) is 0 Å². The molecule has 0 atom stereocenters. The summed E-state index contributed by atoms with van der Waals surface area (Å²) in [7, 11) is 0. The minimum absolute atomic E-state index is 0.187. The van der Waals surface area contributed by atoms with E-state index in [1.165, 1.54) is 0 Å². The predicted octanol–water partition coefficient (Wildman–Crippen LogP) is 2.67. The summed E-state index contributed by atoms with van der Waals surface area (Å²) in [5.74, 6) is 2.12. The Morgan fingerprint density at radius 3 is 2.61 bits per heavy atom. The molecule has 23 heavy (non-hydrogen) atoms. The number of nitrogens with two attached hydrogens (primary N) is 2. The van der Waals surface area contributed by atoms with Crippen LogP contribution in [-0.4, -0.2) is 16.8 Å². The molecule has 6 heteroatoms. The average Bonchev–Trinajstić information content (AvgIpc) is 2.93. The largest absolute Gasteiger partial charge is 0.454 e. The Morgan fingerprint density at radius 2 is 1.87 bits per heavy atom. The van der Waals surface area contributed by atoms with Crippen LogP contribution in [0.25, 0.3) is 6.08 Å². The van der Waals surface area contributed by atoms with E-state index in [-0.39, 0.29) is 18.2 Å². The van der Waals surface area contributed by atoms with Crippen molar-refractivity contribution in [3.8, 4) is 11.5 Å². The van der Waals surface area contributed by atoms with Crippen LogP contribution in [0.1, 0.15) is 30.7 Å². The second kappa shape index (κ2) is 5.46. The van der Waals surface area contributed by atoms with E-state index in [0.29, 0.717) is 5.82 Å². The van der Waals surface area contributed by atoms with Gasteiger partial charge in [-0.1, -0.05) is 32.1 Å². The Morgan fingerprint density at radius 1 is 1.13 bits per heavy atom. The van der Waals surface area contributed by atoms with Crippen molar-refractivity contribution in [3.63, 3.8) is 0 Å². The number of hydrogen-bond acceptors (Lipinski definition) is 6. The number of aromatic nitrogens is 2. The summed E-state index contributed by atoms with van der Waals surface area (Å²) >= 11 is 0. The lowest BCUT2D eigenvalue weighted by Gasteiger charge is -2.21. The lowest BCUT2D eigenvalue weighted by molar-refractivity contribution is 0.174. The molecular formula is C17H20N4O2. The van der Waals surface area contributed by atoms with E-state index < -0.39 is 0 Å². The van der Waals surface area contributed by atoms with Gasteiger partial charge in [0, 0.05) is 11.0 Å². The summed E-state index contributed by atoms with van der Waals surface area (Å²) in [5.41, 5.74) is 14.0. The quantitative estimate of drug-likeness (QED) is 0.904. The Bertz CT molecular complexity index is 761. The molecule has 120 valence electrons. The monoisotopic (exact) mass is 312 g/mol. The van der Waals surface area contributed by atoms with Crippen molar-refractivity contribution in [3.05, 3.63) is 41.1 Å². The van der Waals surface area contributed by atoms with E-state index in [2.05, 4.69) is 29.9 Å². The highest BCUT2D eigenvalue weighted by atomic mass is 16.7. The molecule has 0 aliphatic carbocycles. The number of benzene rings is 1. The first-order valence-corrected chi connectivity index (χ1v) is 7.36. The first-order valence-electron chi connectivity index (χ1n) is 7.36. The number of allylic oxidation sites excluding steroid dienone is 1. The Balaban J connectivity index is 1.92. The molecule has 1 aromatic carbocycles. The molecule has 1 aliphatic rings. The summed E-state index contributed by atoms with van der Waals surface area (Å²) in [6, 6.07) is 5.97. The molecule has 0 saturated carbocycles. The number of hydrogen-bond donors (Lipinski definition) is 2. The van der Waals surface area contributed by atoms with Crippen LogP contribution in [0.15, 0.2) is 24.3 Å². The average molecular weight is 312 g/mol. The number of rotatable bonds is 3. The van der Waals surface area contributed by atoms with Gasteiger partial charge in [-0.2, -0.15) is 4.98 Å². The minimum atomic E-state index is -0.221. The summed E-state index contributed by atoms with van der Waals surface area (Å²) < 4.78 is 10.8. The van der Waals surface area contributed by atoms with Crippen LogP contribution >= 0.6 is 0 Å². The zero-order valence-electron chi connectivity index (χ0n) is 13.5. The third-order valence-corrected chi connectivity index (χ3v) is 3.97. The van der Waals surface area contributed by atoms with Gasteiger partial charge in [-0.25, -0.2) is 4.98 Å². The molecule has 0 radical (unpaired) electrons. The van der Waals surface area contributed by atoms with E-state index >= 15 is 0 Å². The normalized spacial score (nSPS) is 13.7. The lowest BCUT2D eigenvalue weighted by Crippen LogP contribution is -2.13. The zero-order valence-corrected chi connectivity index (χ0v) is 13.5. The number of aryl methyl sites for hydroxylation is 1. The van der Waals surface area contributed by atoms with E-state index in [1.54, 1.807) is 0 Å². The van der Waals surface area contributed by atoms with Gasteiger partial charge in [-0.3, -0.25) is 0 Å². The highest BCUT2D eigenvalue weighted by molar-refractivity contribution is 5.65. The summed E-state index contributed by atoms with van der Waals surface area (Å²) in [4.78, 5) is 8.17. The van der Waals surface area contributed by atoms with Gasteiger partial charge in [0.15, 0.2) is 11.5 Å². The number of nitrogen functional groups attached to an aromatic ring is 2. The van der Waals surface area contributed by atoms with E-state index in [4.69, 9.17) is 20.9 Å². The number of nitrogens with zero attached hydrogens (tertiary/aromatic N) is 2. The standard InChI is InChI=1S/C17H20N4O2/c1-10-12(15(18)21-16(19)20-10)6-7-17(2,3)11-4-5-13-14(8-11)23-9-22-13/h4-8H,9H2,1-3H3,(H4,18,19,20,21)/b7-6+. The van der Waals surface area contributed by atoms with Gasteiger partial charge in [-0.05, 0) is 24.6 Å². The molecule has 0 bridgehead atoms. The Kier molecular flexibility index (Phi) is 3.60. The molecule has 3 rings (SSSR count). The van der Waals surface area contributed by atoms with Crippen molar-refractivity contribution >= 4 is 17.8 Å². The smallest absolute Gasteiger partial charge is 0.231 e. The molecule has 0 spiro atoms. The third kappa shape index (κ3) is 2.92. The second-order valence-corrected chi connectivity index (χ2v) is 6.09. The van der Waals surface area contributed by atoms with Crippen LogP contribution in [0.3, 0.4) is 0 Å². The molecule has 2 aromatic rings.